The highest BCUT2D eigenvalue weighted by atomic mass is 19.1. The van der Waals surface area contributed by atoms with E-state index in [1.165, 1.54) is 37.3 Å². The number of hydrogen-bond acceptors (Lipinski definition) is 4. The quantitative estimate of drug-likeness (QED) is 0.461. The van der Waals surface area contributed by atoms with Gasteiger partial charge in [-0.1, -0.05) is 12.1 Å². The molecule has 0 saturated heterocycles. The van der Waals surface area contributed by atoms with E-state index < -0.39 is 23.7 Å². The molecule has 0 aliphatic carbocycles. The molecule has 0 aliphatic rings. The van der Waals surface area contributed by atoms with Gasteiger partial charge in [-0.25, -0.2) is 9.18 Å². The van der Waals surface area contributed by atoms with Gasteiger partial charge < -0.3 is 9.47 Å². The van der Waals surface area contributed by atoms with Gasteiger partial charge in [0, 0.05) is 11.6 Å². The Morgan fingerprint density at radius 2 is 1.83 bits per heavy atom. The predicted molar refractivity (Wildman–Crippen MR) is 88.3 cm³/mol. The van der Waals surface area contributed by atoms with Gasteiger partial charge >= 0.3 is 5.97 Å². The van der Waals surface area contributed by atoms with Crippen molar-refractivity contribution in [3.8, 4) is 5.75 Å². The highest BCUT2D eigenvalue weighted by Crippen LogP contribution is 2.14. The Morgan fingerprint density at radius 1 is 1.12 bits per heavy atom. The van der Waals surface area contributed by atoms with E-state index in [0.29, 0.717) is 5.75 Å². The molecule has 2 rings (SSSR count). The molecule has 0 aliphatic heterocycles. The molecule has 0 saturated carbocycles. The van der Waals surface area contributed by atoms with E-state index >= 15 is 0 Å². The highest BCUT2D eigenvalue weighted by Gasteiger charge is 2.18. The molecule has 0 bridgehead atoms. The average Bonchev–Trinajstić information content (AvgIpc) is 2.60. The van der Waals surface area contributed by atoms with E-state index in [9.17, 15) is 14.0 Å². The maximum atomic E-state index is 12.9. The summed E-state index contributed by atoms with van der Waals surface area (Å²) in [6.45, 7) is 1.48. The molecular weight excluding hydrogens is 311 g/mol. The largest absolute Gasteiger partial charge is 0.497 e. The van der Waals surface area contributed by atoms with Crippen molar-refractivity contribution in [3.05, 3.63) is 71.6 Å². The van der Waals surface area contributed by atoms with Crippen LogP contribution in [0.5, 0.6) is 5.75 Å². The van der Waals surface area contributed by atoms with Crippen LogP contribution in [0.3, 0.4) is 0 Å². The Labute approximate surface area is 139 Å². The fourth-order valence-corrected chi connectivity index (χ4v) is 2.03. The number of carbonyl (C=O) groups excluding carboxylic acids is 2. The van der Waals surface area contributed by atoms with Crippen LogP contribution in [0.25, 0.3) is 6.08 Å². The van der Waals surface area contributed by atoms with E-state index in [-0.39, 0.29) is 5.56 Å². The van der Waals surface area contributed by atoms with Gasteiger partial charge in [-0.15, -0.1) is 0 Å². The molecule has 2 aromatic rings. The summed E-state index contributed by atoms with van der Waals surface area (Å²) in [5, 5.41) is 0. The van der Waals surface area contributed by atoms with Gasteiger partial charge in [0.1, 0.15) is 11.6 Å². The van der Waals surface area contributed by atoms with Crippen LogP contribution in [0.15, 0.2) is 54.6 Å². The fourth-order valence-electron chi connectivity index (χ4n) is 2.03. The topological polar surface area (TPSA) is 52.6 Å². The summed E-state index contributed by atoms with van der Waals surface area (Å²) in [5.74, 6) is -0.790. The molecule has 0 spiro atoms. The minimum absolute atomic E-state index is 0.286. The highest BCUT2D eigenvalue weighted by molar-refractivity contribution is 6.01. The molecular formula is C19H17FO4. The van der Waals surface area contributed by atoms with Crippen molar-refractivity contribution in [2.24, 2.45) is 0 Å². The van der Waals surface area contributed by atoms with Crippen LogP contribution in [0, 0.1) is 5.82 Å². The SMILES string of the molecule is COc1cccc(/C=C/C(=O)O[C@H](C)C(=O)c2ccc(F)cc2)c1. The zero-order valence-corrected chi connectivity index (χ0v) is 13.4. The van der Waals surface area contributed by atoms with Crippen LogP contribution in [0.2, 0.25) is 0 Å². The van der Waals surface area contributed by atoms with Gasteiger partial charge in [0.15, 0.2) is 6.10 Å². The number of Topliss-reactive ketones (excluding diaryl/α,β-unsaturated/α-hetero) is 1. The number of esters is 1. The lowest BCUT2D eigenvalue weighted by Crippen LogP contribution is -2.23. The number of halogens is 1. The molecule has 0 unspecified atom stereocenters. The number of ketones is 1. The van der Waals surface area contributed by atoms with Gasteiger partial charge in [0.05, 0.1) is 7.11 Å². The second-order valence-electron chi connectivity index (χ2n) is 5.06. The summed E-state index contributed by atoms with van der Waals surface area (Å²) in [6, 6.07) is 12.2. The number of carbonyl (C=O) groups is 2. The molecule has 0 radical (unpaired) electrons. The van der Waals surface area contributed by atoms with Crippen LogP contribution in [-0.4, -0.2) is 25.0 Å². The predicted octanol–water partition coefficient (Wildman–Crippen LogP) is 3.66. The van der Waals surface area contributed by atoms with Crippen LogP contribution in [0.4, 0.5) is 4.39 Å². The summed E-state index contributed by atoms with van der Waals surface area (Å²) < 4.78 is 23.0. The van der Waals surface area contributed by atoms with Crippen molar-refractivity contribution in [2.45, 2.75) is 13.0 Å². The molecule has 0 fully saturated rings. The molecule has 0 heterocycles. The Hall–Kier alpha value is -2.95. The van der Waals surface area contributed by atoms with Gasteiger partial charge in [0.2, 0.25) is 5.78 Å². The monoisotopic (exact) mass is 328 g/mol. The van der Waals surface area contributed by atoms with Gasteiger partial charge in [-0.2, -0.15) is 0 Å². The average molecular weight is 328 g/mol. The van der Waals surface area contributed by atoms with E-state index in [1.807, 2.05) is 0 Å². The fraction of sp³-hybridized carbons (Fsp3) is 0.158. The lowest BCUT2D eigenvalue weighted by molar-refractivity contribution is -0.140. The van der Waals surface area contributed by atoms with Crippen molar-refractivity contribution in [1.29, 1.82) is 0 Å². The standard InChI is InChI=1S/C19H17FO4/c1-13(19(22)15-7-9-16(20)10-8-15)24-18(21)11-6-14-4-3-5-17(12-14)23-2/h3-13H,1-2H3/b11-6+/t13-/m1/s1. The normalized spacial score (nSPS) is 12.0. The smallest absolute Gasteiger partial charge is 0.331 e. The van der Waals surface area contributed by atoms with E-state index in [1.54, 1.807) is 37.5 Å². The lowest BCUT2D eigenvalue weighted by atomic mass is 10.1. The first kappa shape index (κ1) is 17.4. The minimum Gasteiger partial charge on any atom is -0.497 e. The number of hydrogen-bond donors (Lipinski definition) is 0. The number of rotatable bonds is 6. The maximum absolute atomic E-state index is 12.9. The maximum Gasteiger partial charge on any atom is 0.331 e. The molecule has 4 nitrogen and oxygen atoms in total. The Morgan fingerprint density at radius 3 is 2.50 bits per heavy atom. The van der Waals surface area contributed by atoms with Crippen molar-refractivity contribution >= 4 is 17.8 Å². The van der Waals surface area contributed by atoms with Gasteiger partial charge in [-0.3, -0.25) is 4.79 Å². The van der Waals surface area contributed by atoms with Crippen molar-refractivity contribution in [1.82, 2.24) is 0 Å². The molecule has 0 amide bonds. The third-order valence-electron chi connectivity index (χ3n) is 3.30. The third kappa shape index (κ3) is 4.78. The Balaban J connectivity index is 1.96. The minimum atomic E-state index is -0.960. The van der Waals surface area contributed by atoms with Crippen LogP contribution in [0.1, 0.15) is 22.8 Å². The Kier molecular flexibility index (Phi) is 5.84. The van der Waals surface area contributed by atoms with E-state index in [0.717, 1.165) is 5.56 Å². The molecule has 24 heavy (non-hydrogen) atoms. The summed E-state index contributed by atoms with van der Waals surface area (Å²) in [7, 11) is 1.56. The molecule has 0 N–H and O–H groups in total. The zero-order valence-electron chi connectivity index (χ0n) is 13.4. The first-order valence-electron chi connectivity index (χ1n) is 7.32. The molecule has 5 heteroatoms. The first-order chi connectivity index (χ1) is 11.5. The molecule has 2 aromatic carbocycles. The van der Waals surface area contributed by atoms with Crippen LogP contribution >= 0.6 is 0 Å². The summed E-state index contributed by atoms with van der Waals surface area (Å²) in [5.41, 5.74) is 1.05. The van der Waals surface area contributed by atoms with Crippen LogP contribution < -0.4 is 4.74 Å². The third-order valence-corrected chi connectivity index (χ3v) is 3.30. The van der Waals surface area contributed by atoms with Crippen molar-refractivity contribution < 1.29 is 23.5 Å². The first-order valence-corrected chi connectivity index (χ1v) is 7.32. The van der Waals surface area contributed by atoms with E-state index in [4.69, 9.17) is 9.47 Å². The molecule has 124 valence electrons. The Bertz CT molecular complexity index is 750. The number of methoxy groups -OCH3 is 1. The van der Waals surface area contributed by atoms with Crippen molar-refractivity contribution in [2.75, 3.05) is 7.11 Å². The molecule has 0 aromatic heterocycles. The van der Waals surface area contributed by atoms with E-state index in [2.05, 4.69) is 0 Å². The second kappa shape index (κ2) is 8.06. The summed E-state index contributed by atoms with van der Waals surface area (Å²) in [4.78, 5) is 23.9. The number of benzene rings is 2. The molecule has 1 atom stereocenters. The zero-order chi connectivity index (χ0) is 17.5. The van der Waals surface area contributed by atoms with Crippen molar-refractivity contribution in [3.63, 3.8) is 0 Å². The summed E-state index contributed by atoms with van der Waals surface area (Å²) in [6.07, 6.45) is 1.85. The number of ether oxygens (including phenoxy) is 2. The van der Waals surface area contributed by atoms with Gasteiger partial charge in [-0.05, 0) is 55.0 Å². The van der Waals surface area contributed by atoms with Gasteiger partial charge in [0.25, 0.3) is 0 Å². The lowest BCUT2D eigenvalue weighted by Gasteiger charge is -2.10. The second-order valence-corrected chi connectivity index (χ2v) is 5.06. The van der Waals surface area contributed by atoms with Crippen LogP contribution in [-0.2, 0) is 9.53 Å². The summed E-state index contributed by atoms with van der Waals surface area (Å²) >= 11 is 0.